The first kappa shape index (κ1) is 26.5. The first-order valence-corrected chi connectivity index (χ1v) is 14.6. The lowest BCUT2D eigenvalue weighted by Gasteiger charge is -2.60. The molecular weight excluding hydrogens is 444 g/mol. The summed E-state index contributed by atoms with van der Waals surface area (Å²) in [4.78, 5) is 12.5. The van der Waals surface area contributed by atoms with Gasteiger partial charge in [0.1, 0.15) is 11.5 Å². The number of fused-ring (bicyclic) bond motifs is 5. The third-order valence-corrected chi connectivity index (χ3v) is 11.1. The van der Waals surface area contributed by atoms with Crippen molar-refractivity contribution < 1.29 is 14.6 Å². The molecule has 0 heterocycles. The van der Waals surface area contributed by atoms with Gasteiger partial charge in [0, 0.05) is 11.8 Å². The molecule has 3 saturated carbocycles. The fourth-order valence-corrected chi connectivity index (χ4v) is 9.16. The molecule has 194 valence electrons. The molecule has 34 heavy (non-hydrogen) atoms. The number of ether oxygens (including phenoxy) is 1. The van der Waals surface area contributed by atoms with E-state index in [4.69, 9.17) is 16.3 Å². The molecule has 0 amide bonds. The first-order chi connectivity index (χ1) is 16.0. The Morgan fingerprint density at radius 3 is 2.56 bits per heavy atom. The molecule has 4 aliphatic carbocycles. The van der Waals surface area contributed by atoms with Crippen LogP contribution in [0.1, 0.15) is 106 Å². The molecule has 0 radical (unpaired) electrons. The number of hydrogen-bond acceptors (Lipinski definition) is 3. The first-order valence-electron chi connectivity index (χ1n) is 14.2. The number of hydrogen-bond donors (Lipinski definition) is 1. The van der Waals surface area contributed by atoms with Gasteiger partial charge in [0.2, 0.25) is 0 Å². The number of carbonyl (C=O) groups excluding carboxylic acids is 1. The molecule has 0 aromatic carbocycles. The molecule has 1 N–H and O–H groups in total. The second-order valence-corrected chi connectivity index (χ2v) is 13.9. The van der Waals surface area contributed by atoms with E-state index in [1.807, 2.05) is 0 Å². The Hall–Kier alpha value is -0.540. The Morgan fingerprint density at radius 2 is 1.88 bits per heavy atom. The Labute approximate surface area is 213 Å². The highest BCUT2D eigenvalue weighted by Crippen LogP contribution is 2.67. The molecule has 10 atom stereocenters. The Morgan fingerprint density at radius 1 is 1.15 bits per heavy atom. The third-order valence-electron chi connectivity index (χ3n) is 10.9. The number of alkyl halides is 1. The summed E-state index contributed by atoms with van der Waals surface area (Å²) in [7, 11) is 0. The molecule has 0 saturated heterocycles. The minimum absolute atomic E-state index is 0.175. The van der Waals surface area contributed by atoms with E-state index < -0.39 is 11.5 Å². The fourth-order valence-electron chi connectivity index (χ4n) is 9.10. The minimum atomic E-state index is -0.656. The lowest BCUT2D eigenvalue weighted by Crippen LogP contribution is -2.57. The van der Waals surface area contributed by atoms with E-state index in [1.54, 1.807) is 6.92 Å². The van der Waals surface area contributed by atoms with Crippen molar-refractivity contribution in [3.63, 3.8) is 0 Å². The molecule has 0 aliphatic heterocycles. The van der Waals surface area contributed by atoms with Gasteiger partial charge in [0.25, 0.3) is 0 Å². The number of halogens is 1. The van der Waals surface area contributed by atoms with E-state index >= 15 is 0 Å². The molecule has 0 bridgehead atoms. The van der Waals surface area contributed by atoms with E-state index in [-0.39, 0.29) is 17.5 Å². The normalized spacial score (nSPS) is 43.4. The molecule has 4 heteroatoms. The van der Waals surface area contributed by atoms with Gasteiger partial charge in [0.15, 0.2) is 0 Å². The number of aliphatic hydroxyl groups is 1. The predicted molar refractivity (Wildman–Crippen MR) is 140 cm³/mol. The number of carbonyl (C=O) groups is 1. The van der Waals surface area contributed by atoms with Gasteiger partial charge < -0.3 is 9.84 Å². The molecule has 3 fully saturated rings. The van der Waals surface area contributed by atoms with Gasteiger partial charge >= 0.3 is 5.97 Å². The monoisotopic (exact) mass is 492 g/mol. The largest absolute Gasteiger partial charge is 0.460 e. The summed E-state index contributed by atoms with van der Waals surface area (Å²) in [5.41, 5.74) is 1.59. The summed E-state index contributed by atoms with van der Waals surface area (Å²) < 4.78 is 6.03. The van der Waals surface area contributed by atoms with Gasteiger partial charge in [-0.3, -0.25) is 4.79 Å². The third kappa shape index (κ3) is 4.62. The predicted octanol–water partition coefficient (Wildman–Crippen LogP) is 7.54. The van der Waals surface area contributed by atoms with Crippen LogP contribution in [0.3, 0.4) is 0 Å². The number of rotatable bonds is 7. The van der Waals surface area contributed by atoms with Crippen LogP contribution in [0, 0.1) is 46.3 Å². The van der Waals surface area contributed by atoms with Crippen LogP contribution in [0.25, 0.3) is 0 Å². The van der Waals surface area contributed by atoms with Gasteiger partial charge in [-0.15, -0.1) is 11.6 Å². The molecule has 0 aromatic heterocycles. The highest BCUT2D eigenvalue weighted by Gasteiger charge is 2.61. The van der Waals surface area contributed by atoms with Gasteiger partial charge in [-0.25, -0.2) is 0 Å². The van der Waals surface area contributed by atoms with Crippen LogP contribution < -0.4 is 0 Å². The van der Waals surface area contributed by atoms with Crippen molar-refractivity contribution in [1.29, 1.82) is 0 Å². The van der Waals surface area contributed by atoms with Crippen molar-refractivity contribution in [2.24, 2.45) is 46.3 Å². The molecule has 4 rings (SSSR count). The summed E-state index contributed by atoms with van der Waals surface area (Å²) in [6, 6.07) is 0. The van der Waals surface area contributed by atoms with Crippen molar-refractivity contribution in [1.82, 2.24) is 0 Å². The second-order valence-electron chi connectivity index (χ2n) is 13.3. The quantitative estimate of drug-likeness (QED) is 0.227. The van der Waals surface area contributed by atoms with Crippen LogP contribution in [0.15, 0.2) is 11.6 Å². The molecule has 0 aromatic rings. The van der Waals surface area contributed by atoms with E-state index in [9.17, 15) is 9.90 Å². The Kier molecular flexibility index (Phi) is 7.86. The Balaban J connectivity index is 1.55. The maximum Gasteiger partial charge on any atom is 0.324 e. The van der Waals surface area contributed by atoms with Crippen LogP contribution >= 0.6 is 11.6 Å². The lowest BCUT2D eigenvalue weighted by molar-refractivity contribution is -0.168. The average Bonchev–Trinajstić information content (AvgIpc) is 3.11. The van der Waals surface area contributed by atoms with Crippen LogP contribution in [-0.4, -0.2) is 28.7 Å². The topological polar surface area (TPSA) is 46.5 Å². The molecule has 0 spiro atoms. The van der Waals surface area contributed by atoms with Crippen LogP contribution in [0.5, 0.6) is 0 Å². The Bertz CT molecular complexity index is 775. The highest BCUT2D eigenvalue weighted by atomic mass is 35.5. The van der Waals surface area contributed by atoms with Crippen molar-refractivity contribution >= 4 is 17.6 Å². The SMILES string of the molecule is CC(C)CCC[C@@H](C)[C@H]1CC[C@H]2[C@@H]3CC=C4C[C@@H](O)CC(OC(=O)C(C)Cl)[C@]4(C)[C@H]3CC[C@]12C. The van der Waals surface area contributed by atoms with Crippen molar-refractivity contribution in [2.75, 3.05) is 0 Å². The average molecular weight is 493 g/mol. The number of aliphatic hydroxyl groups excluding tert-OH is 1. The van der Waals surface area contributed by atoms with Crippen LogP contribution in [0.4, 0.5) is 0 Å². The molecule has 4 aliphatic rings. The van der Waals surface area contributed by atoms with Crippen molar-refractivity contribution in [3.05, 3.63) is 11.6 Å². The maximum atomic E-state index is 12.5. The summed E-state index contributed by atoms with van der Waals surface area (Å²) >= 11 is 6.08. The van der Waals surface area contributed by atoms with E-state index in [1.165, 1.54) is 50.5 Å². The second kappa shape index (κ2) is 10.1. The number of allylic oxidation sites excluding steroid dienone is 1. The van der Waals surface area contributed by atoms with Crippen LogP contribution in [0.2, 0.25) is 0 Å². The smallest absolute Gasteiger partial charge is 0.324 e. The van der Waals surface area contributed by atoms with Gasteiger partial charge in [-0.1, -0.05) is 65.5 Å². The molecular formula is C30H49ClO3. The molecule has 2 unspecified atom stereocenters. The van der Waals surface area contributed by atoms with Gasteiger partial charge in [-0.05, 0) is 86.4 Å². The summed E-state index contributed by atoms with van der Waals surface area (Å²) in [6.45, 7) is 13.8. The zero-order chi connectivity index (χ0) is 24.8. The van der Waals surface area contributed by atoms with E-state index in [2.05, 4.69) is 40.7 Å². The molecule has 3 nitrogen and oxygen atoms in total. The van der Waals surface area contributed by atoms with Crippen molar-refractivity contribution in [3.8, 4) is 0 Å². The van der Waals surface area contributed by atoms with Gasteiger partial charge in [0.05, 0.1) is 6.10 Å². The fraction of sp³-hybridized carbons (Fsp3) is 0.900. The van der Waals surface area contributed by atoms with E-state index in [0.29, 0.717) is 23.7 Å². The summed E-state index contributed by atoms with van der Waals surface area (Å²) in [6.07, 6.45) is 13.4. The standard InChI is InChI=1S/C30H49ClO3/c1-18(2)8-7-9-19(3)24-12-13-25-23-11-10-21-16-22(32)17-27(34-28(33)20(4)31)30(21,6)26(23)14-15-29(24,25)5/h10,18-20,22-27,32H,7-9,11-17H2,1-6H3/t19-,20?,22-,23+,24-,25+,26+,27?,29-,30+/m1/s1. The summed E-state index contributed by atoms with van der Waals surface area (Å²) in [5, 5.41) is 9.95. The maximum absolute atomic E-state index is 12.5. The zero-order valence-corrected chi connectivity index (χ0v) is 23.2. The van der Waals surface area contributed by atoms with Crippen molar-refractivity contribution in [2.45, 2.75) is 123 Å². The minimum Gasteiger partial charge on any atom is -0.460 e. The van der Waals surface area contributed by atoms with E-state index in [0.717, 1.165) is 36.5 Å². The lowest BCUT2D eigenvalue weighted by atomic mass is 9.46. The highest BCUT2D eigenvalue weighted by molar-refractivity contribution is 6.29. The van der Waals surface area contributed by atoms with Crippen LogP contribution in [-0.2, 0) is 9.53 Å². The van der Waals surface area contributed by atoms with Gasteiger partial charge in [-0.2, -0.15) is 0 Å². The summed E-state index contributed by atoms with van der Waals surface area (Å²) in [5.74, 6) is 4.04. The zero-order valence-electron chi connectivity index (χ0n) is 22.5. The number of esters is 1.